The van der Waals surface area contributed by atoms with E-state index in [0.29, 0.717) is 18.1 Å². The predicted molar refractivity (Wildman–Crippen MR) is 72.8 cm³/mol. The lowest BCUT2D eigenvalue weighted by Gasteiger charge is -2.18. The molecule has 0 aliphatic heterocycles. The van der Waals surface area contributed by atoms with Crippen molar-refractivity contribution in [2.45, 2.75) is 58.2 Å². The van der Waals surface area contributed by atoms with Gasteiger partial charge in [-0.05, 0) is 49.1 Å². The Morgan fingerprint density at radius 2 is 2.16 bits per heavy atom. The first-order chi connectivity index (χ1) is 9.11. The lowest BCUT2D eigenvalue weighted by Crippen LogP contribution is -2.27. The molecule has 0 bridgehead atoms. The Bertz CT molecular complexity index is 392. The molecule has 1 heterocycles. The minimum atomic E-state index is 0.180. The number of nitrogens with zero attached hydrogens (tertiary/aromatic N) is 4. The molecule has 3 unspecified atom stereocenters. The van der Waals surface area contributed by atoms with E-state index in [1.807, 2.05) is 4.68 Å². The van der Waals surface area contributed by atoms with E-state index in [9.17, 15) is 0 Å². The summed E-state index contributed by atoms with van der Waals surface area (Å²) in [4.78, 5) is 0. The van der Waals surface area contributed by atoms with Gasteiger partial charge >= 0.3 is 0 Å². The van der Waals surface area contributed by atoms with Crippen LogP contribution in [0.3, 0.4) is 0 Å². The minimum absolute atomic E-state index is 0.180. The molecule has 0 amide bonds. The van der Waals surface area contributed by atoms with Crippen LogP contribution in [0.5, 0.6) is 0 Å². The standard InChI is InChI=1S/C13H25N5O/c1-9(2)8-14-10(3)13-15-16-17-18(13)11-5-6-12(7-11)19-4/h9-12,14H,5-8H2,1-4H3. The van der Waals surface area contributed by atoms with E-state index in [1.54, 1.807) is 7.11 Å². The van der Waals surface area contributed by atoms with E-state index in [0.717, 1.165) is 31.6 Å². The van der Waals surface area contributed by atoms with Crippen LogP contribution in [0.1, 0.15) is 57.9 Å². The molecule has 1 saturated carbocycles. The lowest BCUT2D eigenvalue weighted by molar-refractivity contribution is 0.105. The Morgan fingerprint density at radius 3 is 2.79 bits per heavy atom. The zero-order chi connectivity index (χ0) is 13.8. The number of rotatable bonds is 6. The summed E-state index contributed by atoms with van der Waals surface area (Å²) in [5.41, 5.74) is 0. The van der Waals surface area contributed by atoms with Gasteiger partial charge in [0, 0.05) is 7.11 Å². The van der Waals surface area contributed by atoms with Crippen LogP contribution < -0.4 is 5.32 Å². The molecule has 6 nitrogen and oxygen atoms in total. The summed E-state index contributed by atoms with van der Waals surface area (Å²) in [6.45, 7) is 7.48. The first kappa shape index (κ1) is 14.4. The van der Waals surface area contributed by atoms with Crippen molar-refractivity contribution in [2.75, 3.05) is 13.7 Å². The van der Waals surface area contributed by atoms with Crippen molar-refractivity contribution < 1.29 is 4.74 Å². The summed E-state index contributed by atoms with van der Waals surface area (Å²) in [7, 11) is 1.78. The molecule has 0 aromatic carbocycles. The van der Waals surface area contributed by atoms with Crippen molar-refractivity contribution >= 4 is 0 Å². The Hall–Kier alpha value is -1.01. The molecule has 1 fully saturated rings. The lowest BCUT2D eigenvalue weighted by atomic mass is 10.2. The summed E-state index contributed by atoms with van der Waals surface area (Å²) < 4.78 is 7.40. The molecule has 3 atom stereocenters. The zero-order valence-electron chi connectivity index (χ0n) is 12.3. The van der Waals surface area contributed by atoms with Crippen LogP contribution in [-0.4, -0.2) is 40.0 Å². The maximum absolute atomic E-state index is 5.42. The summed E-state index contributed by atoms with van der Waals surface area (Å²) in [6, 6.07) is 0.553. The van der Waals surface area contributed by atoms with E-state index in [2.05, 4.69) is 41.6 Å². The second-order valence-electron chi connectivity index (χ2n) is 5.83. The van der Waals surface area contributed by atoms with E-state index < -0.39 is 0 Å². The van der Waals surface area contributed by atoms with Crippen LogP contribution in [0.25, 0.3) is 0 Å². The van der Waals surface area contributed by atoms with Crippen LogP contribution in [0, 0.1) is 5.92 Å². The summed E-state index contributed by atoms with van der Waals surface area (Å²) in [6.07, 6.45) is 3.54. The van der Waals surface area contributed by atoms with Gasteiger partial charge in [0.05, 0.1) is 18.2 Å². The van der Waals surface area contributed by atoms with Gasteiger partial charge in [-0.1, -0.05) is 13.8 Å². The first-order valence-corrected chi connectivity index (χ1v) is 7.15. The highest BCUT2D eigenvalue weighted by molar-refractivity contribution is 4.94. The highest BCUT2D eigenvalue weighted by atomic mass is 16.5. The Balaban J connectivity index is 2.01. The monoisotopic (exact) mass is 267 g/mol. The smallest absolute Gasteiger partial charge is 0.168 e. The van der Waals surface area contributed by atoms with Gasteiger partial charge < -0.3 is 10.1 Å². The third kappa shape index (κ3) is 3.51. The third-order valence-electron chi connectivity index (χ3n) is 3.77. The van der Waals surface area contributed by atoms with E-state index in [-0.39, 0.29) is 6.04 Å². The molecule has 6 heteroatoms. The molecule has 19 heavy (non-hydrogen) atoms. The molecule has 1 aliphatic carbocycles. The molecule has 0 saturated heterocycles. The highest BCUT2D eigenvalue weighted by Crippen LogP contribution is 2.32. The van der Waals surface area contributed by atoms with Gasteiger partial charge in [-0.3, -0.25) is 0 Å². The number of methoxy groups -OCH3 is 1. The molecular formula is C13H25N5O. The first-order valence-electron chi connectivity index (χ1n) is 7.15. The number of tetrazole rings is 1. The van der Waals surface area contributed by atoms with Crippen molar-refractivity contribution in [3.8, 4) is 0 Å². The molecule has 108 valence electrons. The number of hydrogen-bond donors (Lipinski definition) is 1. The van der Waals surface area contributed by atoms with Crippen molar-refractivity contribution in [1.29, 1.82) is 0 Å². The normalized spacial score (nSPS) is 25.1. The van der Waals surface area contributed by atoms with Gasteiger partial charge in [0.25, 0.3) is 0 Å². The van der Waals surface area contributed by atoms with Crippen LogP contribution in [0.2, 0.25) is 0 Å². The number of ether oxygens (including phenoxy) is 1. The quantitative estimate of drug-likeness (QED) is 0.850. The largest absolute Gasteiger partial charge is 0.381 e. The molecule has 1 N–H and O–H groups in total. The molecule has 1 aromatic rings. The minimum Gasteiger partial charge on any atom is -0.381 e. The summed E-state index contributed by atoms with van der Waals surface area (Å²) >= 11 is 0. The molecule has 2 rings (SSSR count). The van der Waals surface area contributed by atoms with E-state index in [4.69, 9.17) is 4.74 Å². The fourth-order valence-corrected chi connectivity index (χ4v) is 2.60. The van der Waals surface area contributed by atoms with Gasteiger partial charge in [0.1, 0.15) is 0 Å². The predicted octanol–water partition coefficient (Wildman–Crippen LogP) is 1.72. The number of aromatic nitrogens is 4. The Labute approximate surface area is 114 Å². The van der Waals surface area contributed by atoms with Crippen molar-refractivity contribution in [3.05, 3.63) is 5.82 Å². The Kier molecular flexibility index (Phi) is 4.87. The maximum atomic E-state index is 5.42. The van der Waals surface area contributed by atoms with Gasteiger partial charge in [0.2, 0.25) is 0 Å². The average Bonchev–Trinajstić information content (AvgIpc) is 3.03. The summed E-state index contributed by atoms with van der Waals surface area (Å²) in [5.74, 6) is 1.55. The fraction of sp³-hybridized carbons (Fsp3) is 0.923. The molecule has 1 aliphatic rings. The van der Waals surface area contributed by atoms with Crippen LogP contribution >= 0.6 is 0 Å². The molecule has 0 radical (unpaired) electrons. The summed E-state index contributed by atoms with van der Waals surface area (Å²) in [5, 5.41) is 15.7. The average molecular weight is 267 g/mol. The fourth-order valence-electron chi connectivity index (χ4n) is 2.60. The molecule has 1 aromatic heterocycles. The number of hydrogen-bond acceptors (Lipinski definition) is 5. The van der Waals surface area contributed by atoms with Crippen molar-refractivity contribution in [3.63, 3.8) is 0 Å². The Morgan fingerprint density at radius 1 is 1.37 bits per heavy atom. The van der Waals surface area contributed by atoms with Crippen LogP contribution in [-0.2, 0) is 4.74 Å². The maximum Gasteiger partial charge on any atom is 0.168 e. The third-order valence-corrected chi connectivity index (χ3v) is 3.77. The molecular weight excluding hydrogens is 242 g/mol. The van der Waals surface area contributed by atoms with Crippen LogP contribution in [0.4, 0.5) is 0 Å². The topological polar surface area (TPSA) is 64.9 Å². The highest BCUT2D eigenvalue weighted by Gasteiger charge is 2.29. The SMILES string of the molecule is COC1CCC(n2nnnc2C(C)NCC(C)C)C1. The van der Waals surface area contributed by atoms with Gasteiger partial charge in [0.15, 0.2) is 5.82 Å². The van der Waals surface area contributed by atoms with E-state index in [1.165, 1.54) is 0 Å². The van der Waals surface area contributed by atoms with Gasteiger partial charge in [-0.15, -0.1) is 5.10 Å². The second-order valence-corrected chi connectivity index (χ2v) is 5.83. The molecule has 0 spiro atoms. The van der Waals surface area contributed by atoms with Crippen molar-refractivity contribution in [2.24, 2.45) is 5.92 Å². The zero-order valence-corrected chi connectivity index (χ0v) is 12.3. The van der Waals surface area contributed by atoms with Crippen molar-refractivity contribution in [1.82, 2.24) is 25.5 Å². The van der Waals surface area contributed by atoms with Gasteiger partial charge in [-0.25, -0.2) is 4.68 Å². The number of nitrogens with one attached hydrogen (secondary N) is 1. The second kappa shape index (κ2) is 6.43. The van der Waals surface area contributed by atoms with E-state index >= 15 is 0 Å². The van der Waals surface area contributed by atoms with Crippen LogP contribution in [0.15, 0.2) is 0 Å². The van der Waals surface area contributed by atoms with Gasteiger partial charge in [-0.2, -0.15) is 0 Å².